The second-order valence-corrected chi connectivity index (χ2v) is 9.48. The Bertz CT molecular complexity index is 1020. The van der Waals surface area contributed by atoms with Crippen LogP contribution in [0, 0.1) is 5.41 Å². The van der Waals surface area contributed by atoms with Gasteiger partial charge in [0.05, 0.1) is 18.0 Å². The fraction of sp³-hybridized carbons (Fsp3) is 0.440. The lowest BCUT2D eigenvalue weighted by Crippen LogP contribution is -2.60. The molecule has 1 saturated heterocycles. The highest BCUT2D eigenvalue weighted by Gasteiger charge is 2.39. The Hall–Kier alpha value is -3.23. The summed E-state index contributed by atoms with van der Waals surface area (Å²) in [7, 11) is 0. The number of carbonyl (C=O) groups excluding carboxylic acids is 1. The van der Waals surface area contributed by atoms with E-state index in [1.54, 1.807) is 24.3 Å². The van der Waals surface area contributed by atoms with Gasteiger partial charge in [0.2, 0.25) is 5.91 Å². The maximum atomic E-state index is 13.7. The van der Waals surface area contributed by atoms with Crippen molar-refractivity contribution in [2.24, 2.45) is 5.41 Å². The van der Waals surface area contributed by atoms with E-state index in [-0.39, 0.29) is 49.9 Å². The third kappa shape index (κ3) is 6.21. The molecule has 0 radical (unpaired) electrons. The van der Waals surface area contributed by atoms with Crippen molar-refractivity contribution in [1.82, 2.24) is 9.80 Å². The Labute approximate surface area is 196 Å². The fourth-order valence-electron chi connectivity index (χ4n) is 4.04. The predicted octanol–water partition coefficient (Wildman–Crippen LogP) is 5.06. The number of benzene rings is 2. The number of hydrogen-bond donors (Lipinski definition) is 1. The molecule has 2 aromatic rings. The Kier molecular flexibility index (Phi) is 7.43. The summed E-state index contributed by atoms with van der Waals surface area (Å²) < 4.78 is 46.6. The largest absolute Gasteiger partial charge is 0.488 e. The second kappa shape index (κ2) is 9.95. The van der Waals surface area contributed by atoms with Gasteiger partial charge in [-0.3, -0.25) is 4.79 Å². The fourth-order valence-corrected chi connectivity index (χ4v) is 4.04. The van der Waals surface area contributed by atoms with Gasteiger partial charge in [-0.05, 0) is 28.7 Å². The molecule has 34 heavy (non-hydrogen) atoms. The van der Waals surface area contributed by atoms with Gasteiger partial charge in [0.15, 0.2) is 0 Å². The number of alkyl halides is 3. The molecule has 0 spiro atoms. The summed E-state index contributed by atoms with van der Waals surface area (Å²) in [4.78, 5) is 27.4. The SMILES string of the molecule is CC(C)(C)C1CN(C(=O)Cc2ccc(OCc3ccccc3)c(C(F)(F)F)c2)CCN1C(=O)O. The first-order valence-corrected chi connectivity index (χ1v) is 11.0. The number of nitrogens with zero attached hydrogens (tertiary/aromatic N) is 2. The average molecular weight is 479 g/mol. The van der Waals surface area contributed by atoms with Crippen molar-refractivity contribution in [1.29, 1.82) is 0 Å². The molecule has 1 aliphatic heterocycles. The quantitative estimate of drug-likeness (QED) is 0.652. The van der Waals surface area contributed by atoms with Gasteiger partial charge in [-0.1, -0.05) is 57.2 Å². The monoisotopic (exact) mass is 478 g/mol. The highest BCUT2D eigenvalue weighted by molar-refractivity contribution is 5.79. The molecule has 0 aromatic heterocycles. The van der Waals surface area contributed by atoms with Crippen LogP contribution in [0.5, 0.6) is 5.75 Å². The van der Waals surface area contributed by atoms with E-state index >= 15 is 0 Å². The minimum Gasteiger partial charge on any atom is -0.488 e. The number of rotatable bonds is 5. The molecule has 1 heterocycles. The molecular formula is C25H29F3N2O4. The van der Waals surface area contributed by atoms with Crippen molar-refractivity contribution in [3.63, 3.8) is 0 Å². The molecule has 184 valence electrons. The highest BCUT2D eigenvalue weighted by atomic mass is 19.4. The normalized spacial score (nSPS) is 16.9. The molecule has 9 heteroatoms. The third-order valence-electron chi connectivity index (χ3n) is 5.92. The smallest absolute Gasteiger partial charge is 0.419 e. The first kappa shape index (κ1) is 25.4. The zero-order valence-electron chi connectivity index (χ0n) is 19.4. The maximum absolute atomic E-state index is 13.7. The van der Waals surface area contributed by atoms with E-state index in [2.05, 4.69) is 0 Å². The van der Waals surface area contributed by atoms with Crippen LogP contribution < -0.4 is 4.74 Å². The number of halogens is 3. The minimum absolute atomic E-state index is 0.00968. The van der Waals surface area contributed by atoms with Crippen molar-refractivity contribution < 1.29 is 32.6 Å². The lowest BCUT2D eigenvalue weighted by Gasteiger charge is -2.46. The number of hydrogen-bond acceptors (Lipinski definition) is 3. The molecule has 1 fully saturated rings. The van der Waals surface area contributed by atoms with E-state index in [0.29, 0.717) is 0 Å². The molecule has 2 amide bonds. The number of piperazine rings is 1. The van der Waals surface area contributed by atoms with Crippen LogP contribution in [0.25, 0.3) is 0 Å². The van der Waals surface area contributed by atoms with Crippen molar-refractivity contribution in [2.45, 2.75) is 46.0 Å². The van der Waals surface area contributed by atoms with Gasteiger partial charge in [-0.25, -0.2) is 4.79 Å². The average Bonchev–Trinajstić information content (AvgIpc) is 2.77. The number of carbonyl (C=O) groups is 2. The van der Waals surface area contributed by atoms with E-state index < -0.39 is 29.3 Å². The molecule has 0 saturated carbocycles. The van der Waals surface area contributed by atoms with Gasteiger partial charge < -0.3 is 19.6 Å². The highest BCUT2D eigenvalue weighted by Crippen LogP contribution is 2.37. The zero-order valence-corrected chi connectivity index (χ0v) is 19.4. The van der Waals surface area contributed by atoms with E-state index in [4.69, 9.17) is 4.74 Å². The minimum atomic E-state index is -4.64. The molecule has 1 aliphatic rings. The van der Waals surface area contributed by atoms with Crippen molar-refractivity contribution >= 4 is 12.0 Å². The van der Waals surface area contributed by atoms with E-state index in [1.807, 2.05) is 26.8 Å². The van der Waals surface area contributed by atoms with Crippen LogP contribution in [0.4, 0.5) is 18.0 Å². The van der Waals surface area contributed by atoms with Crippen molar-refractivity contribution in [3.8, 4) is 5.75 Å². The molecule has 2 aromatic carbocycles. The molecule has 1 unspecified atom stereocenters. The predicted molar refractivity (Wildman–Crippen MR) is 120 cm³/mol. The Morgan fingerprint density at radius 3 is 2.29 bits per heavy atom. The van der Waals surface area contributed by atoms with Crippen LogP contribution in [0.1, 0.15) is 37.5 Å². The molecule has 6 nitrogen and oxygen atoms in total. The first-order chi connectivity index (χ1) is 15.9. The molecular weight excluding hydrogens is 449 g/mol. The van der Waals surface area contributed by atoms with Crippen LogP contribution in [-0.4, -0.2) is 52.6 Å². The van der Waals surface area contributed by atoms with Gasteiger partial charge in [-0.2, -0.15) is 13.2 Å². The topological polar surface area (TPSA) is 70.1 Å². The molecule has 1 atom stereocenters. The number of carboxylic acid groups (broad SMARTS) is 1. The Morgan fingerprint density at radius 1 is 1.03 bits per heavy atom. The molecule has 0 aliphatic carbocycles. The summed E-state index contributed by atoms with van der Waals surface area (Å²) in [6, 6.07) is 12.1. The summed E-state index contributed by atoms with van der Waals surface area (Å²) in [6.07, 6.45) is -5.91. The second-order valence-electron chi connectivity index (χ2n) is 9.48. The van der Waals surface area contributed by atoms with Crippen LogP contribution in [-0.2, 0) is 24.0 Å². The van der Waals surface area contributed by atoms with Gasteiger partial charge in [0.1, 0.15) is 12.4 Å². The zero-order chi connectivity index (χ0) is 25.1. The third-order valence-corrected chi connectivity index (χ3v) is 5.92. The van der Waals surface area contributed by atoms with Crippen LogP contribution in [0.15, 0.2) is 48.5 Å². The van der Waals surface area contributed by atoms with E-state index in [9.17, 15) is 27.9 Å². The summed E-state index contributed by atoms with van der Waals surface area (Å²) >= 11 is 0. The van der Waals surface area contributed by atoms with Crippen molar-refractivity contribution in [3.05, 3.63) is 65.2 Å². The lowest BCUT2D eigenvalue weighted by molar-refractivity contribution is -0.139. The first-order valence-electron chi connectivity index (χ1n) is 11.0. The lowest BCUT2D eigenvalue weighted by atomic mass is 9.84. The van der Waals surface area contributed by atoms with E-state index in [0.717, 1.165) is 11.6 Å². The summed E-state index contributed by atoms with van der Waals surface area (Å²) in [6.45, 7) is 6.22. The Morgan fingerprint density at radius 2 is 1.71 bits per heavy atom. The van der Waals surface area contributed by atoms with E-state index in [1.165, 1.54) is 21.9 Å². The molecule has 0 bridgehead atoms. The Balaban J connectivity index is 1.74. The standard InChI is InChI=1S/C25H29F3N2O4/c1-24(2,3)21-15-29(11-12-30(21)23(32)33)22(31)14-18-9-10-20(19(13-18)25(26,27)28)34-16-17-7-5-4-6-8-17/h4-10,13,21H,11-12,14-16H2,1-3H3,(H,32,33). The maximum Gasteiger partial charge on any atom is 0.419 e. The van der Waals surface area contributed by atoms with Gasteiger partial charge >= 0.3 is 12.3 Å². The van der Waals surface area contributed by atoms with Gasteiger partial charge in [0.25, 0.3) is 0 Å². The van der Waals surface area contributed by atoms with Crippen molar-refractivity contribution in [2.75, 3.05) is 19.6 Å². The number of ether oxygens (including phenoxy) is 1. The summed E-state index contributed by atoms with van der Waals surface area (Å²) in [5, 5.41) is 9.49. The summed E-state index contributed by atoms with van der Waals surface area (Å²) in [5.74, 6) is -0.638. The van der Waals surface area contributed by atoms with Gasteiger partial charge in [-0.15, -0.1) is 0 Å². The van der Waals surface area contributed by atoms with Crippen LogP contribution in [0.2, 0.25) is 0 Å². The van der Waals surface area contributed by atoms with Crippen LogP contribution >= 0.6 is 0 Å². The number of amides is 2. The summed E-state index contributed by atoms with van der Waals surface area (Å²) in [5.41, 5.74) is -0.378. The van der Waals surface area contributed by atoms with Crippen LogP contribution in [0.3, 0.4) is 0 Å². The molecule has 3 rings (SSSR count). The molecule has 1 N–H and O–H groups in total. The van der Waals surface area contributed by atoms with Gasteiger partial charge in [0, 0.05) is 19.6 Å².